The fourth-order valence-electron chi connectivity index (χ4n) is 1.67. The number of benzene rings is 1. The molecule has 5 nitrogen and oxygen atoms in total. The van der Waals surface area contributed by atoms with Crippen molar-refractivity contribution in [3.05, 3.63) is 24.3 Å². The van der Waals surface area contributed by atoms with Crippen molar-refractivity contribution in [2.24, 2.45) is 0 Å². The minimum atomic E-state index is -0.114. The van der Waals surface area contributed by atoms with Gasteiger partial charge in [0, 0.05) is 6.54 Å². The number of hydrogen-bond acceptors (Lipinski definition) is 4. The molecule has 0 saturated carbocycles. The number of carbonyl (C=O) groups excluding carboxylic acids is 1. The molecule has 0 aromatic heterocycles. The molecule has 18 heavy (non-hydrogen) atoms. The maximum Gasteiger partial charge on any atom is 0.246 e. The standard InChI is InChI=1S/C13H17NO4/c1-2-16-11-5-3-4-6-12(11)18-8-10-7-14-13(15)9-17-10/h3-6,10H,2,7-9H2,1H3,(H,14,15)/t10-/m0/s1. The Kier molecular flexibility index (Phi) is 4.41. The van der Waals surface area contributed by atoms with Gasteiger partial charge >= 0.3 is 0 Å². The van der Waals surface area contributed by atoms with Gasteiger partial charge in [-0.3, -0.25) is 4.79 Å². The lowest BCUT2D eigenvalue weighted by Gasteiger charge is -2.23. The van der Waals surface area contributed by atoms with Gasteiger partial charge < -0.3 is 19.5 Å². The molecule has 0 unspecified atom stereocenters. The second-order valence-corrected chi connectivity index (χ2v) is 3.93. The Labute approximate surface area is 106 Å². The first-order valence-corrected chi connectivity index (χ1v) is 6.02. The van der Waals surface area contributed by atoms with Gasteiger partial charge in [0.15, 0.2) is 11.5 Å². The van der Waals surface area contributed by atoms with E-state index in [1.807, 2.05) is 31.2 Å². The van der Waals surface area contributed by atoms with Crippen LogP contribution in [-0.2, 0) is 9.53 Å². The molecule has 1 amide bonds. The first-order chi connectivity index (χ1) is 8.79. The van der Waals surface area contributed by atoms with Gasteiger partial charge in [-0.25, -0.2) is 0 Å². The topological polar surface area (TPSA) is 56.8 Å². The van der Waals surface area contributed by atoms with E-state index in [1.54, 1.807) is 0 Å². The molecule has 2 rings (SSSR count). The van der Waals surface area contributed by atoms with Crippen molar-refractivity contribution in [3.8, 4) is 11.5 Å². The zero-order valence-electron chi connectivity index (χ0n) is 10.3. The lowest BCUT2D eigenvalue weighted by molar-refractivity contribution is -0.134. The van der Waals surface area contributed by atoms with Crippen LogP contribution in [-0.4, -0.2) is 38.4 Å². The van der Waals surface area contributed by atoms with Crippen LogP contribution in [0.2, 0.25) is 0 Å². The van der Waals surface area contributed by atoms with Gasteiger partial charge in [0.1, 0.15) is 19.3 Å². The third-order valence-electron chi connectivity index (χ3n) is 2.55. The molecule has 0 spiro atoms. The van der Waals surface area contributed by atoms with E-state index < -0.39 is 0 Å². The highest BCUT2D eigenvalue weighted by molar-refractivity contribution is 5.77. The number of carbonyl (C=O) groups is 1. The summed E-state index contributed by atoms with van der Waals surface area (Å²) < 4.78 is 16.5. The highest BCUT2D eigenvalue weighted by atomic mass is 16.5. The Morgan fingerprint density at radius 3 is 2.67 bits per heavy atom. The lowest BCUT2D eigenvalue weighted by Crippen LogP contribution is -2.45. The minimum Gasteiger partial charge on any atom is -0.490 e. The summed E-state index contributed by atoms with van der Waals surface area (Å²) in [6, 6.07) is 7.51. The second kappa shape index (κ2) is 6.26. The van der Waals surface area contributed by atoms with Crippen LogP contribution in [0.1, 0.15) is 6.92 Å². The molecule has 1 aromatic carbocycles. The van der Waals surface area contributed by atoms with E-state index in [9.17, 15) is 4.79 Å². The van der Waals surface area contributed by atoms with E-state index in [1.165, 1.54) is 0 Å². The SMILES string of the molecule is CCOc1ccccc1OC[C@@H]1CNC(=O)CO1. The quantitative estimate of drug-likeness (QED) is 0.847. The highest BCUT2D eigenvalue weighted by Crippen LogP contribution is 2.26. The van der Waals surface area contributed by atoms with Crippen LogP contribution in [0.15, 0.2) is 24.3 Å². The fraction of sp³-hybridized carbons (Fsp3) is 0.462. The van der Waals surface area contributed by atoms with Crippen LogP contribution in [0, 0.1) is 0 Å². The van der Waals surface area contributed by atoms with Gasteiger partial charge in [-0.15, -0.1) is 0 Å². The van der Waals surface area contributed by atoms with Crippen molar-refractivity contribution in [1.82, 2.24) is 5.32 Å². The molecular weight excluding hydrogens is 234 g/mol. The van der Waals surface area contributed by atoms with Gasteiger partial charge in [-0.2, -0.15) is 0 Å². The number of ether oxygens (including phenoxy) is 3. The number of hydrogen-bond donors (Lipinski definition) is 1. The smallest absolute Gasteiger partial charge is 0.246 e. The maximum absolute atomic E-state index is 10.9. The predicted molar refractivity (Wildman–Crippen MR) is 65.9 cm³/mol. The number of nitrogens with one attached hydrogen (secondary N) is 1. The van der Waals surface area contributed by atoms with E-state index in [-0.39, 0.29) is 18.6 Å². The predicted octanol–water partition coefficient (Wildman–Crippen LogP) is 0.979. The normalized spacial score (nSPS) is 19.2. The molecule has 0 radical (unpaired) electrons. The van der Waals surface area contributed by atoms with Gasteiger partial charge in [0.05, 0.1) is 6.61 Å². The maximum atomic E-state index is 10.9. The summed E-state index contributed by atoms with van der Waals surface area (Å²) in [6.07, 6.45) is -0.114. The van der Waals surface area contributed by atoms with Crippen molar-refractivity contribution >= 4 is 5.91 Å². The highest BCUT2D eigenvalue weighted by Gasteiger charge is 2.19. The molecule has 1 aliphatic rings. The number of amides is 1. The molecule has 1 fully saturated rings. The molecule has 1 saturated heterocycles. The van der Waals surface area contributed by atoms with Crippen molar-refractivity contribution in [1.29, 1.82) is 0 Å². The molecule has 1 N–H and O–H groups in total. The molecular formula is C13H17NO4. The average Bonchev–Trinajstić information content (AvgIpc) is 2.40. The second-order valence-electron chi connectivity index (χ2n) is 3.93. The Balaban J connectivity index is 1.87. The van der Waals surface area contributed by atoms with Crippen LogP contribution >= 0.6 is 0 Å². The molecule has 1 aromatic rings. The van der Waals surface area contributed by atoms with Crippen molar-refractivity contribution in [3.63, 3.8) is 0 Å². The van der Waals surface area contributed by atoms with Crippen molar-refractivity contribution in [2.75, 3.05) is 26.4 Å². The molecule has 0 bridgehead atoms. The molecule has 98 valence electrons. The monoisotopic (exact) mass is 251 g/mol. The summed E-state index contributed by atoms with van der Waals surface area (Å²) in [5, 5.41) is 2.73. The summed E-state index contributed by atoms with van der Waals surface area (Å²) in [5.74, 6) is 1.33. The molecule has 1 aliphatic heterocycles. The van der Waals surface area contributed by atoms with E-state index in [0.717, 1.165) is 5.75 Å². The molecule has 1 heterocycles. The third kappa shape index (κ3) is 3.37. The Hall–Kier alpha value is -1.75. The first kappa shape index (κ1) is 12.7. The third-order valence-corrected chi connectivity index (χ3v) is 2.55. The van der Waals surface area contributed by atoms with Crippen molar-refractivity contribution < 1.29 is 19.0 Å². The molecule has 0 aliphatic carbocycles. The first-order valence-electron chi connectivity index (χ1n) is 6.02. The van der Waals surface area contributed by atoms with E-state index >= 15 is 0 Å². The summed E-state index contributed by atoms with van der Waals surface area (Å²) in [6.45, 7) is 3.49. The zero-order chi connectivity index (χ0) is 12.8. The van der Waals surface area contributed by atoms with Crippen LogP contribution in [0.3, 0.4) is 0 Å². The van der Waals surface area contributed by atoms with Gasteiger partial charge in [-0.1, -0.05) is 12.1 Å². The van der Waals surface area contributed by atoms with E-state index in [4.69, 9.17) is 14.2 Å². The molecule has 5 heteroatoms. The Bertz CT molecular complexity index is 398. The van der Waals surface area contributed by atoms with Crippen LogP contribution in [0.4, 0.5) is 0 Å². The fourth-order valence-corrected chi connectivity index (χ4v) is 1.67. The zero-order valence-corrected chi connectivity index (χ0v) is 10.3. The van der Waals surface area contributed by atoms with Gasteiger partial charge in [-0.05, 0) is 19.1 Å². The Morgan fingerprint density at radius 1 is 1.33 bits per heavy atom. The molecule has 1 atom stereocenters. The summed E-state index contributed by atoms with van der Waals surface area (Å²) in [5.41, 5.74) is 0. The largest absolute Gasteiger partial charge is 0.490 e. The van der Waals surface area contributed by atoms with Crippen LogP contribution in [0.25, 0.3) is 0 Å². The number of para-hydroxylation sites is 2. The van der Waals surface area contributed by atoms with Gasteiger partial charge in [0.2, 0.25) is 5.91 Å². The minimum absolute atomic E-state index is 0.0824. The van der Waals surface area contributed by atoms with E-state index in [2.05, 4.69) is 5.32 Å². The average molecular weight is 251 g/mol. The van der Waals surface area contributed by atoms with Crippen molar-refractivity contribution in [2.45, 2.75) is 13.0 Å². The summed E-state index contributed by atoms with van der Waals surface area (Å²) >= 11 is 0. The Morgan fingerprint density at radius 2 is 2.06 bits per heavy atom. The summed E-state index contributed by atoms with van der Waals surface area (Å²) in [7, 11) is 0. The number of rotatable bonds is 5. The number of morpholine rings is 1. The lowest BCUT2D eigenvalue weighted by atomic mass is 10.3. The summed E-state index contributed by atoms with van der Waals surface area (Å²) in [4.78, 5) is 10.9. The van der Waals surface area contributed by atoms with Crippen LogP contribution in [0.5, 0.6) is 11.5 Å². The van der Waals surface area contributed by atoms with Crippen LogP contribution < -0.4 is 14.8 Å². The van der Waals surface area contributed by atoms with E-state index in [0.29, 0.717) is 25.5 Å². The van der Waals surface area contributed by atoms with Gasteiger partial charge in [0.25, 0.3) is 0 Å².